The van der Waals surface area contributed by atoms with Gasteiger partial charge in [0, 0.05) is 35.5 Å². The Morgan fingerprint density at radius 1 is 1.11 bits per heavy atom. The Kier molecular flexibility index (Phi) is 4.54. The van der Waals surface area contributed by atoms with E-state index < -0.39 is 0 Å². The van der Waals surface area contributed by atoms with Gasteiger partial charge in [0.05, 0.1) is 6.04 Å². The summed E-state index contributed by atoms with van der Waals surface area (Å²) in [4.78, 5) is 23.3. The molecule has 0 radical (unpaired) electrons. The van der Waals surface area contributed by atoms with Gasteiger partial charge in [-0.05, 0) is 66.8 Å². The van der Waals surface area contributed by atoms with E-state index >= 15 is 0 Å². The first-order valence-corrected chi connectivity index (χ1v) is 9.09. The number of amides is 3. The normalized spacial score (nSPS) is 15.8. The van der Waals surface area contributed by atoms with Crippen LogP contribution < -0.4 is 16.0 Å². The van der Waals surface area contributed by atoms with Crippen molar-refractivity contribution in [1.29, 1.82) is 0 Å². The number of benzene rings is 2. The molecule has 0 spiro atoms. The van der Waals surface area contributed by atoms with Gasteiger partial charge in [0.1, 0.15) is 0 Å². The molecule has 6 heteroatoms. The smallest absolute Gasteiger partial charge is 0.323 e. The molecule has 3 N–H and O–H groups in total. The maximum Gasteiger partial charge on any atom is 0.323 e. The van der Waals surface area contributed by atoms with Crippen LogP contribution in [0, 0.1) is 0 Å². The summed E-state index contributed by atoms with van der Waals surface area (Å²) in [5, 5.41) is 9.71. The minimum absolute atomic E-state index is 0.0107. The first-order valence-electron chi connectivity index (χ1n) is 9.09. The Hall–Kier alpha value is -3.28. The van der Waals surface area contributed by atoms with Crippen LogP contribution >= 0.6 is 0 Å². The zero-order valence-corrected chi connectivity index (χ0v) is 15.2. The van der Waals surface area contributed by atoms with Gasteiger partial charge in [-0.15, -0.1) is 0 Å². The summed E-state index contributed by atoms with van der Waals surface area (Å²) in [5.41, 5.74) is 4.87. The van der Waals surface area contributed by atoms with Crippen LogP contribution in [0.5, 0.6) is 0 Å². The van der Waals surface area contributed by atoms with E-state index in [-0.39, 0.29) is 12.1 Å². The van der Waals surface area contributed by atoms with Crippen LogP contribution in [-0.4, -0.2) is 17.0 Å². The first kappa shape index (κ1) is 17.1. The van der Waals surface area contributed by atoms with Crippen molar-refractivity contribution in [2.24, 2.45) is 7.05 Å². The topological polar surface area (TPSA) is 75.2 Å². The highest BCUT2D eigenvalue weighted by atomic mass is 16.2. The zero-order chi connectivity index (χ0) is 18.8. The molecule has 4 rings (SSSR count). The molecule has 0 saturated heterocycles. The maximum absolute atomic E-state index is 12.4. The van der Waals surface area contributed by atoms with E-state index in [1.54, 1.807) is 0 Å². The van der Waals surface area contributed by atoms with Crippen molar-refractivity contribution >= 4 is 34.7 Å². The van der Waals surface area contributed by atoms with Crippen molar-refractivity contribution in [3.05, 3.63) is 59.8 Å². The second-order valence-electron chi connectivity index (χ2n) is 6.92. The summed E-state index contributed by atoms with van der Waals surface area (Å²) in [6.45, 7) is 0. The van der Waals surface area contributed by atoms with Crippen LogP contribution in [0.4, 0.5) is 16.2 Å². The van der Waals surface area contributed by atoms with Crippen molar-refractivity contribution in [3.63, 3.8) is 0 Å². The molecular weight excluding hydrogens is 340 g/mol. The molecule has 0 fully saturated rings. The molecular formula is C21H22N4O2. The van der Waals surface area contributed by atoms with Gasteiger partial charge in [0.15, 0.2) is 0 Å². The Bertz CT molecular complexity index is 1010. The van der Waals surface area contributed by atoms with Crippen LogP contribution in [0.3, 0.4) is 0 Å². The quantitative estimate of drug-likeness (QED) is 0.615. The molecule has 6 nitrogen and oxygen atoms in total. The number of urea groups is 1. The second kappa shape index (κ2) is 7.15. The van der Waals surface area contributed by atoms with Gasteiger partial charge in [0.25, 0.3) is 0 Å². The summed E-state index contributed by atoms with van der Waals surface area (Å²) in [5.74, 6) is 0. The summed E-state index contributed by atoms with van der Waals surface area (Å²) in [6, 6.07) is 13.4. The summed E-state index contributed by atoms with van der Waals surface area (Å²) in [6.07, 6.45) is 5.69. The van der Waals surface area contributed by atoms with Crippen LogP contribution in [0.1, 0.15) is 30.0 Å². The maximum atomic E-state index is 12.4. The average molecular weight is 362 g/mol. The summed E-state index contributed by atoms with van der Waals surface area (Å²) < 4.78 is 2.04. The highest BCUT2D eigenvalue weighted by molar-refractivity contribution is 6.01. The Morgan fingerprint density at radius 3 is 2.70 bits per heavy atom. The molecule has 1 atom stereocenters. The van der Waals surface area contributed by atoms with Gasteiger partial charge in [-0.2, -0.15) is 0 Å². The molecule has 1 aromatic heterocycles. The molecule has 1 heterocycles. The number of aromatic nitrogens is 1. The predicted octanol–water partition coefficient (Wildman–Crippen LogP) is 3.95. The number of anilines is 2. The first-order chi connectivity index (χ1) is 13.1. The lowest BCUT2D eigenvalue weighted by Gasteiger charge is -2.25. The summed E-state index contributed by atoms with van der Waals surface area (Å²) >= 11 is 0. The molecule has 0 bridgehead atoms. The third-order valence-electron chi connectivity index (χ3n) is 5.13. The number of fused-ring (bicyclic) bond motifs is 2. The number of nitrogens with zero attached hydrogens (tertiary/aromatic N) is 1. The largest absolute Gasteiger partial charge is 0.352 e. The van der Waals surface area contributed by atoms with Crippen LogP contribution in [0.2, 0.25) is 0 Å². The lowest BCUT2D eigenvalue weighted by molar-refractivity contribution is -0.110. The lowest BCUT2D eigenvalue weighted by atomic mass is 9.87. The van der Waals surface area contributed by atoms with Crippen LogP contribution in [-0.2, 0) is 18.3 Å². The zero-order valence-electron chi connectivity index (χ0n) is 15.2. The van der Waals surface area contributed by atoms with Gasteiger partial charge < -0.3 is 20.5 Å². The molecule has 1 unspecified atom stereocenters. The molecule has 1 aliphatic rings. The Labute approximate surface area is 157 Å². The fourth-order valence-corrected chi connectivity index (χ4v) is 3.78. The van der Waals surface area contributed by atoms with E-state index in [9.17, 15) is 9.59 Å². The monoisotopic (exact) mass is 362 g/mol. The van der Waals surface area contributed by atoms with E-state index in [0.717, 1.165) is 47.8 Å². The van der Waals surface area contributed by atoms with Crippen molar-refractivity contribution in [1.82, 2.24) is 9.88 Å². The number of rotatable bonds is 4. The van der Waals surface area contributed by atoms with Gasteiger partial charge >= 0.3 is 6.03 Å². The Morgan fingerprint density at radius 2 is 1.89 bits per heavy atom. The van der Waals surface area contributed by atoms with Gasteiger partial charge in [-0.1, -0.05) is 6.07 Å². The van der Waals surface area contributed by atoms with Gasteiger partial charge in [-0.25, -0.2) is 4.79 Å². The highest BCUT2D eigenvalue weighted by Crippen LogP contribution is 2.31. The van der Waals surface area contributed by atoms with E-state index in [1.807, 2.05) is 60.3 Å². The van der Waals surface area contributed by atoms with Crippen LogP contribution in [0.15, 0.2) is 48.7 Å². The molecule has 3 aromatic rings. The molecule has 1 aliphatic carbocycles. The molecule has 0 saturated carbocycles. The van der Waals surface area contributed by atoms with Crippen LogP contribution in [0.25, 0.3) is 10.9 Å². The van der Waals surface area contributed by atoms with E-state index in [0.29, 0.717) is 5.69 Å². The predicted molar refractivity (Wildman–Crippen MR) is 107 cm³/mol. The molecule has 27 heavy (non-hydrogen) atoms. The summed E-state index contributed by atoms with van der Waals surface area (Å²) in [7, 11) is 1.99. The van der Waals surface area contributed by atoms with E-state index in [4.69, 9.17) is 0 Å². The average Bonchev–Trinajstić information content (AvgIpc) is 3.03. The number of aryl methyl sites for hydroxylation is 2. The SMILES string of the molecule is Cn1ccc2cc(NC(=O)Nc3ccc4c(c3)C(NC=O)CCC4)ccc21. The molecule has 138 valence electrons. The second-order valence-corrected chi connectivity index (χ2v) is 6.92. The van der Waals surface area contributed by atoms with Gasteiger partial charge in [-0.3, -0.25) is 4.79 Å². The number of hydrogen-bond donors (Lipinski definition) is 3. The molecule has 0 aliphatic heterocycles. The number of carbonyl (C=O) groups excluding carboxylic acids is 2. The third kappa shape index (κ3) is 3.51. The van der Waals surface area contributed by atoms with Crippen molar-refractivity contribution in [3.8, 4) is 0 Å². The van der Waals surface area contributed by atoms with E-state index in [1.165, 1.54) is 5.56 Å². The Balaban J connectivity index is 1.48. The van der Waals surface area contributed by atoms with Gasteiger partial charge in [0.2, 0.25) is 6.41 Å². The minimum atomic E-state index is -0.291. The lowest BCUT2D eigenvalue weighted by Crippen LogP contribution is -2.24. The fraction of sp³-hybridized carbons (Fsp3) is 0.238. The molecule has 2 aromatic carbocycles. The number of carbonyl (C=O) groups is 2. The number of hydrogen-bond acceptors (Lipinski definition) is 2. The number of nitrogens with one attached hydrogen (secondary N) is 3. The fourth-order valence-electron chi connectivity index (χ4n) is 3.78. The third-order valence-corrected chi connectivity index (χ3v) is 5.13. The van der Waals surface area contributed by atoms with E-state index in [2.05, 4.69) is 16.0 Å². The highest BCUT2D eigenvalue weighted by Gasteiger charge is 2.20. The van der Waals surface area contributed by atoms with Crippen molar-refractivity contribution in [2.75, 3.05) is 10.6 Å². The standard InChI is InChI=1S/C21H22N4O2/c1-25-10-9-15-11-16(7-8-20(15)25)23-21(27)24-17-6-5-14-3-2-4-19(22-13-26)18(14)12-17/h5-13,19H,2-4H2,1H3,(H,22,26)(H2,23,24,27). The van der Waals surface area contributed by atoms with Crippen molar-refractivity contribution < 1.29 is 9.59 Å². The minimum Gasteiger partial charge on any atom is -0.352 e. The van der Waals surface area contributed by atoms with Crippen molar-refractivity contribution in [2.45, 2.75) is 25.3 Å². The molecule has 3 amide bonds.